The summed E-state index contributed by atoms with van der Waals surface area (Å²) in [6.07, 6.45) is 0. The minimum absolute atomic E-state index is 0.0367. The van der Waals surface area contributed by atoms with Crippen molar-refractivity contribution in [2.75, 3.05) is 0 Å². The Morgan fingerprint density at radius 1 is 1.55 bits per heavy atom. The van der Waals surface area contributed by atoms with Gasteiger partial charge in [0.05, 0.1) is 11.6 Å². The van der Waals surface area contributed by atoms with Crippen molar-refractivity contribution in [1.29, 1.82) is 0 Å². The second-order valence-electron chi connectivity index (χ2n) is 1.83. The predicted molar refractivity (Wildman–Crippen MR) is 45.4 cm³/mol. The van der Waals surface area contributed by atoms with Crippen LogP contribution in [0.1, 0.15) is 0 Å². The summed E-state index contributed by atoms with van der Waals surface area (Å²) in [7, 11) is 0. The monoisotopic (exact) mass is 233 g/mol. The molecule has 0 fully saturated rings. The molecule has 1 rings (SSSR count). The van der Waals surface area contributed by atoms with E-state index in [9.17, 15) is 4.39 Å². The maximum absolute atomic E-state index is 12.8. The van der Waals surface area contributed by atoms with Gasteiger partial charge >= 0.3 is 0 Å². The lowest BCUT2D eigenvalue weighted by Gasteiger charge is -1.96. The van der Waals surface area contributed by atoms with Crippen LogP contribution in [0.5, 0.6) is 0 Å². The van der Waals surface area contributed by atoms with Gasteiger partial charge in [-0.15, -0.1) is 0 Å². The molecule has 0 saturated carbocycles. The molecule has 0 amide bonds. The van der Waals surface area contributed by atoms with Crippen molar-refractivity contribution in [3.05, 3.63) is 38.9 Å². The minimum atomic E-state index is -0.662. The summed E-state index contributed by atoms with van der Waals surface area (Å²) >= 11 is 8.54. The number of rotatable bonds is 0. The Morgan fingerprint density at radius 3 is 2.73 bits per heavy atom. The molecular formula is C7H2BrClFN. The highest BCUT2D eigenvalue weighted by Gasteiger charge is 2.07. The van der Waals surface area contributed by atoms with Crippen LogP contribution in [-0.4, -0.2) is 0 Å². The fourth-order valence-electron chi connectivity index (χ4n) is 0.624. The number of benzene rings is 1. The van der Waals surface area contributed by atoms with Crippen molar-refractivity contribution in [3.63, 3.8) is 0 Å². The fraction of sp³-hybridized carbons (Fsp3) is 0. The van der Waals surface area contributed by atoms with E-state index in [2.05, 4.69) is 20.8 Å². The van der Waals surface area contributed by atoms with Crippen molar-refractivity contribution in [3.8, 4) is 0 Å². The predicted octanol–water partition coefficient (Wildman–Crippen LogP) is 3.79. The van der Waals surface area contributed by atoms with Crippen molar-refractivity contribution in [2.45, 2.75) is 0 Å². The number of hydrogen-bond acceptors (Lipinski definition) is 0. The van der Waals surface area contributed by atoms with Gasteiger partial charge in [0.2, 0.25) is 5.69 Å². The van der Waals surface area contributed by atoms with Gasteiger partial charge in [0, 0.05) is 4.47 Å². The smallest absolute Gasteiger partial charge is 0.224 e. The van der Waals surface area contributed by atoms with E-state index in [-0.39, 0.29) is 10.7 Å². The fourth-order valence-corrected chi connectivity index (χ4v) is 1.42. The van der Waals surface area contributed by atoms with Gasteiger partial charge in [-0.1, -0.05) is 27.5 Å². The lowest BCUT2D eigenvalue weighted by molar-refractivity contribution is 0.634. The molecule has 0 aliphatic rings. The normalized spacial score (nSPS) is 9.27. The van der Waals surface area contributed by atoms with Gasteiger partial charge in [-0.2, -0.15) is 0 Å². The molecule has 0 heterocycles. The number of halogens is 3. The van der Waals surface area contributed by atoms with E-state index in [1.807, 2.05) is 0 Å². The molecular weight excluding hydrogens is 232 g/mol. The van der Waals surface area contributed by atoms with Crippen LogP contribution in [-0.2, 0) is 0 Å². The van der Waals surface area contributed by atoms with E-state index >= 15 is 0 Å². The highest BCUT2D eigenvalue weighted by Crippen LogP contribution is 2.29. The molecule has 56 valence electrons. The van der Waals surface area contributed by atoms with Crippen LogP contribution in [0.4, 0.5) is 10.1 Å². The largest absolute Gasteiger partial charge is 0.235 e. The van der Waals surface area contributed by atoms with Crippen molar-refractivity contribution in [1.82, 2.24) is 0 Å². The maximum Gasteiger partial charge on any atom is 0.224 e. The standard InChI is InChI=1S/C7H2BrClFN/c1-11-6-3-4(8)2-5(9)7(6)10/h2-3H. The average molecular weight is 234 g/mol. The third-order valence-electron chi connectivity index (χ3n) is 1.09. The van der Waals surface area contributed by atoms with Gasteiger partial charge in [-0.25, -0.2) is 9.24 Å². The first kappa shape index (κ1) is 8.51. The Kier molecular flexibility index (Phi) is 2.48. The highest BCUT2D eigenvalue weighted by atomic mass is 79.9. The molecule has 0 aliphatic carbocycles. The molecule has 0 atom stereocenters. The van der Waals surface area contributed by atoms with Gasteiger partial charge in [-0.3, -0.25) is 0 Å². The minimum Gasteiger partial charge on any atom is -0.235 e. The van der Waals surface area contributed by atoms with E-state index in [1.165, 1.54) is 12.1 Å². The van der Waals surface area contributed by atoms with Crippen molar-refractivity contribution >= 4 is 33.2 Å². The Bertz CT molecular complexity index is 332. The zero-order valence-electron chi connectivity index (χ0n) is 5.24. The Labute approximate surface area is 76.7 Å². The topological polar surface area (TPSA) is 4.36 Å². The maximum atomic E-state index is 12.8. The summed E-state index contributed by atoms with van der Waals surface area (Å²) in [5.41, 5.74) is -0.0654. The van der Waals surface area contributed by atoms with Gasteiger partial charge in [0.1, 0.15) is 5.82 Å². The van der Waals surface area contributed by atoms with Crippen LogP contribution in [0.3, 0.4) is 0 Å². The summed E-state index contributed by atoms with van der Waals surface area (Å²) in [6, 6.07) is 2.79. The third-order valence-corrected chi connectivity index (χ3v) is 1.83. The quantitative estimate of drug-likeness (QED) is 0.475. The molecule has 4 heteroatoms. The first-order valence-electron chi connectivity index (χ1n) is 2.67. The van der Waals surface area contributed by atoms with Crippen LogP contribution in [0.15, 0.2) is 16.6 Å². The van der Waals surface area contributed by atoms with Crippen LogP contribution < -0.4 is 0 Å². The van der Waals surface area contributed by atoms with Crippen LogP contribution in [0.25, 0.3) is 4.85 Å². The van der Waals surface area contributed by atoms with E-state index in [0.29, 0.717) is 4.47 Å². The molecule has 0 aliphatic heterocycles. The molecule has 1 aromatic carbocycles. The SMILES string of the molecule is [C-]#[N+]c1cc(Br)cc(Cl)c1F. The summed E-state index contributed by atoms with van der Waals surface area (Å²) in [5.74, 6) is -0.662. The highest BCUT2D eigenvalue weighted by molar-refractivity contribution is 9.10. The molecule has 11 heavy (non-hydrogen) atoms. The molecule has 0 saturated heterocycles. The summed E-state index contributed by atoms with van der Waals surface area (Å²) in [4.78, 5) is 2.95. The van der Waals surface area contributed by atoms with Crippen LogP contribution in [0.2, 0.25) is 5.02 Å². The number of hydrogen-bond donors (Lipinski definition) is 0. The zero-order chi connectivity index (χ0) is 8.43. The molecule has 0 bridgehead atoms. The van der Waals surface area contributed by atoms with E-state index in [0.717, 1.165) is 0 Å². The molecule has 0 unspecified atom stereocenters. The summed E-state index contributed by atoms with van der Waals surface area (Å²) in [6.45, 7) is 6.58. The summed E-state index contributed by atoms with van der Waals surface area (Å²) < 4.78 is 13.4. The van der Waals surface area contributed by atoms with E-state index in [4.69, 9.17) is 18.2 Å². The van der Waals surface area contributed by atoms with Gasteiger partial charge in [0.15, 0.2) is 0 Å². The molecule has 1 aromatic rings. The second-order valence-corrected chi connectivity index (χ2v) is 3.16. The van der Waals surface area contributed by atoms with E-state index in [1.54, 1.807) is 0 Å². The molecule has 0 radical (unpaired) electrons. The van der Waals surface area contributed by atoms with Gasteiger partial charge in [0.25, 0.3) is 0 Å². The molecule has 0 aromatic heterocycles. The Hall–Kier alpha value is -0.590. The molecule has 1 nitrogen and oxygen atoms in total. The lowest BCUT2D eigenvalue weighted by atomic mass is 10.3. The Morgan fingerprint density at radius 2 is 2.18 bits per heavy atom. The number of nitrogens with zero attached hydrogens (tertiary/aromatic N) is 1. The molecule has 0 spiro atoms. The van der Waals surface area contributed by atoms with Crippen LogP contribution in [0, 0.1) is 12.4 Å². The molecule has 0 N–H and O–H groups in total. The Balaban J connectivity index is 3.39. The van der Waals surface area contributed by atoms with Crippen molar-refractivity contribution in [2.24, 2.45) is 0 Å². The van der Waals surface area contributed by atoms with E-state index < -0.39 is 5.82 Å². The van der Waals surface area contributed by atoms with Gasteiger partial charge < -0.3 is 0 Å². The third kappa shape index (κ3) is 1.70. The zero-order valence-corrected chi connectivity index (χ0v) is 7.58. The second kappa shape index (κ2) is 3.21. The lowest BCUT2D eigenvalue weighted by Crippen LogP contribution is -1.76. The average Bonchev–Trinajstić information content (AvgIpc) is 1.96. The first-order chi connectivity index (χ1) is 5.15. The van der Waals surface area contributed by atoms with Crippen LogP contribution >= 0.6 is 27.5 Å². The first-order valence-corrected chi connectivity index (χ1v) is 3.84. The summed E-state index contributed by atoms with van der Waals surface area (Å²) in [5, 5.41) is -0.0367. The van der Waals surface area contributed by atoms with Crippen molar-refractivity contribution < 1.29 is 4.39 Å². The van der Waals surface area contributed by atoms with Gasteiger partial charge in [-0.05, 0) is 12.1 Å².